The predicted molar refractivity (Wildman–Crippen MR) is 152 cm³/mol. The van der Waals surface area contributed by atoms with Crippen LogP contribution in [0.4, 0.5) is 8.78 Å². The van der Waals surface area contributed by atoms with Gasteiger partial charge < -0.3 is 14.6 Å². The number of halogens is 2. The number of H-pyrrole nitrogens is 1. The van der Waals surface area contributed by atoms with Gasteiger partial charge in [-0.05, 0) is 56.5 Å². The van der Waals surface area contributed by atoms with Crippen molar-refractivity contribution in [3.05, 3.63) is 72.6 Å². The van der Waals surface area contributed by atoms with Gasteiger partial charge in [-0.1, -0.05) is 55.0 Å². The third-order valence-electron chi connectivity index (χ3n) is 7.44. The number of benzene rings is 3. The second-order valence-corrected chi connectivity index (χ2v) is 10.7. The Bertz CT molecular complexity index is 1600. The molecule has 9 heteroatoms. The van der Waals surface area contributed by atoms with E-state index in [4.69, 9.17) is 4.74 Å². The molecule has 5 aromatic rings. The van der Waals surface area contributed by atoms with E-state index in [-0.39, 0.29) is 23.2 Å². The quantitative estimate of drug-likeness (QED) is 0.236. The first-order valence-electron chi connectivity index (χ1n) is 13.7. The van der Waals surface area contributed by atoms with E-state index in [0.29, 0.717) is 16.9 Å². The van der Waals surface area contributed by atoms with Gasteiger partial charge in [0, 0.05) is 18.2 Å². The van der Waals surface area contributed by atoms with Crippen LogP contribution < -0.4 is 4.74 Å². The highest BCUT2D eigenvalue weighted by molar-refractivity contribution is 5.84. The van der Waals surface area contributed by atoms with Crippen LogP contribution in [-0.4, -0.2) is 56.4 Å². The molecule has 2 aromatic heterocycles. The zero-order chi connectivity index (χ0) is 27.6. The molecular formula is C31H32F2N6O. The summed E-state index contributed by atoms with van der Waals surface area (Å²) in [7, 11) is 4.05. The van der Waals surface area contributed by atoms with Gasteiger partial charge in [-0.25, -0.2) is 13.8 Å². The molecule has 0 aliphatic heterocycles. The highest BCUT2D eigenvalue weighted by Gasteiger charge is 2.21. The number of rotatable bonds is 8. The molecule has 1 N–H and O–H groups in total. The van der Waals surface area contributed by atoms with Gasteiger partial charge in [-0.2, -0.15) is 10.1 Å². The third kappa shape index (κ3) is 5.47. The van der Waals surface area contributed by atoms with Crippen LogP contribution >= 0.6 is 0 Å². The molecule has 3 aromatic carbocycles. The first-order valence-corrected chi connectivity index (χ1v) is 13.7. The van der Waals surface area contributed by atoms with E-state index >= 15 is 8.78 Å². The van der Waals surface area contributed by atoms with Crippen molar-refractivity contribution < 1.29 is 13.5 Å². The number of nitrogens with one attached hydrogen (secondary N) is 1. The maximum atomic E-state index is 15.5. The molecule has 0 spiro atoms. The second kappa shape index (κ2) is 11.2. The molecule has 0 atom stereocenters. The van der Waals surface area contributed by atoms with Crippen LogP contribution in [0, 0.1) is 11.6 Å². The number of imidazole rings is 1. The molecule has 40 heavy (non-hydrogen) atoms. The summed E-state index contributed by atoms with van der Waals surface area (Å²) in [5.74, 6) is -0.667. The van der Waals surface area contributed by atoms with Gasteiger partial charge in [-0.3, -0.25) is 4.68 Å². The van der Waals surface area contributed by atoms with E-state index in [9.17, 15) is 0 Å². The van der Waals surface area contributed by atoms with Crippen LogP contribution in [0.2, 0.25) is 0 Å². The van der Waals surface area contributed by atoms with Crippen molar-refractivity contribution in [2.24, 2.45) is 0 Å². The molecule has 0 radical (unpaired) electrons. The number of aromatic nitrogens is 5. The fourth-order valence-electron chi connectivity index (χ4n) is 5.20. The van der Waals surface area contributed by atoms with E-state index in [0.717, 1.165) is 55.5 Å². The van der Waals surface area contributed by atoms with E-state index in [1.807, 2.05) is 55.2 Å². The highest BCUT2D eigenvalue weighted by Crippen LogP contribution is 2.34. The number of nitrogens with zero attached hydrogens (tertiary/aromatic N) is 5. The molecule has 1 fully saturated rings. The fraction of sp³-hybridized carbons (Fsp3) is 0.323. The minimum Gasteiger partial charge on any atom is -0.461 e. The fourth-order valence-corrected chi connectivity index (χ4v) is 5.20. The van der Waals surface area contributed by atoms with E-state index in [1.54, 1.807) is 18.5 Å². The summed E-state index contributed by atoms with van der Waals surface area (Å²) in [6.45, 7) is 1.66. The summed E-state index contributed by atoms with van der Waals surface area (Å²) < 4.78 is 38.4. The zero-order valence-corrected chi connectivity index (χ0v) is 22.7. The average molecular weight is 543 g/mol. The largest absolute Gasteiger partial charge is 0.461 e. The maximum absolute atomic E-state index is 15.5. The van der Waals surface area contributed by atoms with Crippen LogP contribution in [0.3, 0.4) is 0 Å². The van der Waals surface area contributed by atoms with Crippen molar-refractivity contribution in [2.75, 3.05) is 20.6 Å². The Balaban J connectivity index is 1.20. The first kappa shape index (κ1) is 26.1. The lowest BCUT2D eigenvalue weighted by Gasteiger charge is -2.21. The lowest BCUT2D eigenvalue weighted by atomic mass is 9.98. The zero-order valence-electron chi connectivity index (χ0n) is 22.7. The Hall–Kier alpha value is -4.11. The van der Waals surface area contributed by atoms with Crippen molar-refractivity contribution in [2.45, 2.75) is 44.8 Å². The molecule has 1 aliphatic rings. The monoisotopic (exact) mass is 542 g/mol. The minimum absolute atomic E-state index is 0.0601. The van der Waals surface area contributed by atoms with Crippen LogP contribution in [0.5, 0.6) is 6.01 Å². The second-order valence-electron chi connectivity index (χ2n) is 10.7. The highest BCUT2D eigenvalue weighted by atomic mass is 19.1. The topological polar surface area (TPSA) is 71.9 Å². The predicted octanol–water partition coefficient (Wildman–Crippen LogP) is 6.71. The number of hydrogen-bond acceptors (Lipinski definition) is 5. The van der Waals surface area contributed by atoms with Crippen LogP contribution in [0.1, 0.15) is 32.1 Å². The normalized spacial score (nSPS) is 14.3. The maximum Gasteiger partial charge on any atom is 0.294 e. The Morgan fingerprint density at radius 1 is 0.925 bits per heavy atom. The Labute approximate surface area is 231 Å². The lowest BCUT2D eigenvalue weighted by Crippen LogP contribution is -2.20. The van der Waals surface area contributed by atoms with Gasteiger partial charge in [0.15, 0.2) is 11.6 Å². The molecule has 6 rings (SSSR count). The molecule has 1 aliphatic carbocycles. The molecule has 1 saturated carbocycles. The lowest BCUT2D eigenvalue weighted by molar-refractivity contribution is 0.143. The number of hydrogen-bond donors (Lipinski definition) is 1. The molecular weight excluding hydrogens is 510 g/mol. The molecule has 0 saturated heterocycles. The Morgan fingerprint density at radius 3 is 2.25 bits per heavy atom. The first-order chi connectivity index (χ1) is 19.4. The number of aromatic amines is 1. The van der Waals surface area contributed by atoms with Crippen molar-refractivity contribution in [3.8, 4) is 39.7 Å². The van der Waals surface area contributed by atoms with E-state index in [2.05, 4.69) is 25.0 Å². The van der Waals surface area contributed by atoms with Gasteiger partial charge in [-0.15, -0.1) is 0 Å². The van der Waals surface area contributed by atoms with Crippen LogP contribution in [0.25, 0.3) is 44.7 Å². The van der Waals surface area contributed by atoms with Crippen molar-refractivity contribution in [3.63, 3.8) is 0 Å². The van der Waals surface area contributed by atoms with E-state index < -0.39 is 11.6 Å². The molecule has 0 unspecified atom stereocenters. The summed E-state index contributed by atoms with van der Waals surface area (Å²) in [5.41, 5.74) is 3.56. The molecule has 0 amide bonds. The SMILES string of the molecule is CN(C)CCn1cnc(-c2ccc(-c3ccc(-c4c(F)cc5[nH]c(OC6CCCCC6)nc5c4F)cc3)cc2)n1. The average Bonchev–Trinajstić information content (AvgIpc) is 3.60. The molecule has 0 bridgehead atoms. The van der Waals surface area contributed by atoms with Crippen LogP contribution in [-0.2, 0) is 6.54 Å². The van der Waals surface area contributed by atoms with Gasteiger partial charge in [0.1, 0.15) is 23.8 Å². The van der Waals surface area contributed by atoms with E-state index in [1.165, 1.54) is 12.5 Å². The van der Waals surface area contributed by atoms with Gasteiger partial charge >= 0.3 is 0 Å². The third-order valence-corrected chi connectivity index (χ3v) is 7.44. The standard InChI is InChI=1S/C31H32F2N6O/c1-38(2)16-17-39-19-34-30(37-39)23-14-10-21(11-15-23)20-8-12-22(13-9-20)27-25(32)18-26-29(28(27)33)36-31(35-26)40-24-6-4-3-5-7-24/h8-15,18-19,24H,3-7,16-17H2,1-2H3,(H,35,36). The summed E-state index contributed by atoms with van der Waals surface area (Å²) >= 11 is 0. The Morgan fingerprint density at radius 2 is 1.57 bits per heavy atom. The molecule has 206 valence electrons. The Kier molecular flexibility index (Phi) is 7.30. The van der Waals surface area contributed by atoms with Crippen molar-refractivity contribution in [1.29, 1.82) is 0 Å². The van der Waals surface area contributed by atoms with Gasteiger partial charge in [0.2, 0.25) is 0 Å². The summed E-state index contributed by atoms with van der Waals surface area (Å²) in [6.07, 6.45) is 7.13. The number of ether oxygens (including phenoxy) is 1. The minimum atomic E-state index is -0.695. The summed E-state index contributed by atoms with van der Waals surface area (Å²) in [5, 5.41) is 4.56. The smallest absolute Gasteiger partial charge is 0.294 e. The van der Waals surface area contributed by atoms with Crippen LogP contribution in [0.15, 0.2) is 60.9 Å². The van der Waals surface area contributed by atoms with Gasteiger partial charge in [0.05, 0.1) is 17.6 Å². The molecule has 2 heterocycles. The number of likely N-dealkylation sites (N-methyl/N-ethyl adjacent to an activating group) is 1. The molecule has 7 nitrogen and oxygen atoms in total. The van der Waals surface area contributed by atoms with Crippen molar-refractivity contribution >= 4 is 11.0 Å². The number of fused-ring (bicyclic) bond motifs is 1. The van der Waals surface area contributed by atoms with Gasteiger partial charge in [0.25, 0.3) is 6.01 Å². The summed E-state index contributed by atoms with van der Waals surface area (Å²) in [6, 6.07) is 16.7. The summed E-state index contributed by atoms with van der Waals surface area (Å²) in [4.78, 5) is 13.8. The van der Waals surface area contributed by atoms with Crippen molar-refractivity contribution in [1.82, 2.24) is 29.6 Å².